The number of hydrogen-bond donors (Lipinski definition) is 3. The number of nitrogens with zero attached hydrogens (tertiary/aromatic N) is 6. The zero-order valence-corrected chi connectivity index (χ0v) is 25.6. The van der Waals surface area contributed by atoms with Gasteiger partial charge in [0.25, 0.3) is 0 Å². The van der Waals surface area contributed by atoms with Crippen LogP contribution in [0, 0.1) is 5.82 Å². The largest absolute Gasteiger partial charge is 0.392 e. The van der Waals surface area contributed by atoms with Crippen LogP contribution in [0.15, 0.2) is 84.8 Å². The molecule has 0 aliphatic carbocycles. The molecule has 0 aromatic carbocycles. The molecule has 1 heterocycles. The van der Waals surface area contributed by atoms with Crippen LogP contribution < -0.4 is 21.4 Å². The van der Waals surface area contributed by atoms with Gasteiger partial charge in [0.05, 0.1) is 18.5 Å². The number of hydrogen-bond acceptors (Lipinski definition) is 10. The van der Waals surface area contributed by atoms with Crippen molar-refractivity contribution < 1.29 is 9.13 Å². The zero-order valence-electron chi connectivity index (χ0n) is 25.6. The molecule has 4 N–H and O–H groups in total. The smallest absolute Gasteiger partial charge is 0.245 e. The van der Waals surface area contributed by atoms with Gasteiger partial charge in [-0.2, -0.15) is 10.1 Å². The molecule has 40 heavy (non-hydrogen) atoms. The highest BCUT2D eigenvalue weighted by atomic mass is 19.1. The molecule has 0 radical (unpaired) electrons. The molecule has 0 aliphatic rings. The second kappa shape index (κ2) is 24.1. The molecule has 224 valence electrons. The minimum Gasteiger partial charge on any atom is -0.392 e. The Bertz CT molecular complexity index is 990. The number of allylic oxidation sites excluding steroid dienone is 4. The van der Waals surface area contributed by atoms with Gasteiger partial charge in [-0.15, -0.1) is 0 Å². The summed E-state index contributed by atoms with van der Waals surface area (Å²) in [4.78, 5) is 13.5. The Morgan fingerprint density at radius 2 is 1.88 bits per heavy atom. The van der Waals surface area contributed by atoms with E-state index in [1.54, 1.807) is 30.4 Å². The standard InChI is InChI=1S/C16H25N3.C12H20FN5O.CH5N/c1-8-11-16(13-17-5)19(7)14(4)12-15(9-2)18(6)10-3;1-4-6-15-17-12-14-9-10(13)11(16-12)18(3)7-8-19-5-2;1-2/h8-13,17H,2-4H2,1,5-7H3;6,9H,4-5,7-8H2,1-3H3,(H,14,16,17);2H2,1H3/b11-8-,15-12+,16-13+;15-6+;. The van der Waals surface area contributed by atoms with Gasteiger partial charge in [0, 0.05) is 65.2 Å². The molecule has 10 nitrogen and oxygen atoms in total. The lowest BCUT2D eigenvalue weighted by Gasteiger charge is -2.23. The van der Waals surface area contributed by atoms with Gasteiger partial charge in [-0.05, 0) is 51.7 Å². The number of nitrogens with two attached hydrogens (primary N) is 1. The summed E-state index contributed by atoms with van der Waals surface area (Å²) in [5, 5.41) is 6.93. The van der Waals surface area contributed by atoms with E-state index in [2.05, 4.69) is 51.3 Å². The molecule has 0 fully saturated rings. The fourth-order valence-electron chi connectivity index (χ4n) is 2.74. The van der Waals surface area contributed by atoms with E-state index < -0.39 is 5.82 Å². The highest BCUT2D eigenvalue weighted by Gasteiger charge is 2.11. The van der Waals surface area contributed by atoms with E-state index >= 15 is 0 Å². The lowest BCUT2D eigenvalue weighted by molar-refractivity contribution is 0.154. The maximum absolute atomic E-state index is 13.6. The van der Waals surface area contributed by atoms with Crippen LogP contribution in [0.5, 0.6) is 0 Å². The molecule has 0 saturated heterocycles. The summed E-state index contributed by atoms with van der Waals surface area (Å²) in [6.45, 7) is 19.2. The molecule has 11 heteroatoms. The van der Waals surface area contributed by atoms with Crippen molar-refractivity contribution >= 4 is 18.0 Å². The third kappa shape index (κ3) is 15.5. The minimum absolute atomic E-state index is 0.226. The molecule has 1 rings (SSSR count). The number of aromatic nitrogens is 2. The fraction of sp³-hybridized carbons (Fsp3) is 0.414. The van der Waals surface area contributed by atoms with E-state index in [0.717, 1.165) is 29.7 Å². The van der Waals surface area contributed by atoms with E-state index in [4.69, 9.17) is 4.74 Å². The SMILES string of the molecule is C=C/C(=C\C(=C)N(C)C(/C=C\C)=C/NC)N(C)C=C.CC/C=N/Nc1ncc(F)c(N(C)CCOCC)n1.CN. The minimum atomic E-state index is -0.469. The third-order valence-corrected chi connectivity index (χ3v) is 4.95. The Hall–Kier alpha value is -3.96. The van der Waals surface area contributed by atoms with Crippen molar-refractivity contribution in [3.8, 4) is 0 Å². The maximum Gasteiger partial charge on any atom is 0.245 e. The van der Waals surface area contributed by atoms with Crippen molar-refractivity contribution in [2.24, 2.45) is 10.8 Å². The van der Waals surface area contributed by atoms with Crippen molar-refractivity contribution in [3.05, 3.63) is 85.5 Å². The summed E-state index contributed by atoms with van der Waals surface area (Å²) in [7, 11) is 9.01. The molecule has 0 spiro atoms. The zero-order chi connectivity index (χ0) is 30.9. The number of likely N-dealkylation sites (N-methyl/N-ethyl adjacent to an activating group) is 3. The molecule has 0 bridgehead atoms. The molecular weight excluding hydrogens is 509 g/mol. The van der Waals surface area contributed by atoms with Gasteiger partial charge in [0.1, 0.15) is 0 Å². The number of rotatable bonds is 16. The highest BCUT2D eigenvalue weighted by Crippen LogP contribution is 2.16. The summed E-state index contributed by atoms with van der Waals surface area (Å²) >= 11 is 0. The summed E-state index contributed by atoms with van der Waals surface area (Å²) in [5.41, 5.74) is 9.99. The summed E-state index contributed by atoms with van der Waals surface area (Å²) in [6.07, 6.45) is 15.0. The molecule has 0 saturated carbocycles. The van der Waals surface area contributed by atoms with Crippen LogP contribution in [0.3, 0.4) is 0 Å². The molecule has 0 amide bonds. The number of nitrogens with one attached hydrogen (secondary N) is 2. The van der Waals surface area contributed by atoms with Gasteiger partial charge < -0.3 is 30.5 Å². The van der Waals surface area contributed by atoms with Crippen molar-refractivity contribution in [2.45, 2.75) is 27.2 Å². The van der Waals surface area contributed by atoms with E-state index in [-0.39, 0.29) is 11.8 Å². The number of anilines is 2. The number of ether oxygens (including phenoxy) is 1. The highest BCUT2D eigenvalue weighted by molar-refractivity contribution is 5.58. The Balaban J connectivity index is 0. The van der Waals surface area contributed by atoms with E-state index in [1.807, 2.05) is 76.1 Å². The third-order valence-electron chi connectivity index (χ3n) is 4.95. The van der Waals surface area contributed by atoms with Gasteiger partial charge in [0.15, 0.2) is 11.6 Å². The number of halogens is 1. The summed E-state index contributed by atoms with van der Waals surface area (Å²) < 4.78 is 18.9. The van der Waals surface area contributed by atoms with Crippen molar-refractivity contribution in [1.82, 2.24) is 25.1 Å². The molecular formula is C29H50FN9O. The fourth-order valence-corrected chi connectivity index (χ4v) is 2.74. The first-order chi connectivity index (χ1) is 19.2. The predicted octanol–water partition coefficient (Wildman–Crippen LogP) is 4.69. The Morgan fingerprint density at radius 1 is 1.20 bits per heavy atom. The lowest BCUT2D eigenvalue weighted by Crippen LogP contribution is -2.25. The normalized spacial score (nSPS) is 11.2. The summed E-state index contributed by atoms with van der Waals surface area (Å²) in [6, 6.07) is 0. The Kier molecular flexibility index (Phi) is 23.0. The Labute approximate surface area is 241 Å². The second-order valence-electron chi connectivity index (χ2n) is 7.79. The van der Waals surface area contributed by atoms with Crippen molar-refractivity contribution in [1.29, 1.82) is 0 Å². The maximum atomic E-state index is 13.6. The van der Waals surface area contributed by atoms with Gasteiger partial charge in [-0.25, -0.2) is 14.8 Å². The first-order valence-electron chi connectivity index (χ1n) is 13.0. The summed E-state index contributed by atoms with van der Waals surface area (Å²) in [5.74, 6) is 0.0253. The molecule has 1 aromatic rings. The molecule has 0 aliphatic heterocycles. The first kappa shape index (κ1) is 38.2. The van der Waals surface area contributed by atoms with Crippen LogP contribution in [0.4, 0.5) is 16.2 Å². The lowest BCUT2D eigenvalue weighted by atomic mass is 10.2. The molecule has 0 unspecified atom stereocenters. The van der Waals surface area contributed by atoms with Crippen LogP contribution in [0.25, 0.3) is 0 Å². The second-order valence-corrected chi connectivity index (χ2v) is 7.79. The van der Waals surface area contributed by atoms with E-state index in [0.29, 0.717) is 19.8 Å². The van der Waals surface area contributed by atoms with Crippen molar-refractivity contribution in [2.75, 3.05) is 65.3 Å². The monoisotopic (exact) mass is 559 g/mol. The van der Waals surface area contributed by atoms with Crippen molar-refractivity contribution in [3.63, 3.8) is 0 Å². The van der Waals surface area contributed by atoms with E-state index in [9.17, 15) is 4.39 Å². The van der Waals surface area contributed by atoms with Gasteiger partial charge in [0.2, 0.25) is 5.95 Å². The molecule has 0 atom stereocenters. The first-order valence-corrected chi connectivity index (χ1v) is 13.0. The number of hydrazone groups is 1. The van der Waals surface area contributed by atoms with Crippen LogP contribution >= 0.6 is 0 Å². The van der Waals surface area contributed by atoms with Gasteiger partial charge in [-0.3, -0.25) is 0 Å². The molecule has 1 aromatic heterocycles. The van der Waals surface area contributed by atoms with E-state index in [1.165, 1.54) is 7.05 Å². The van der Waals surface area contributed by atoms with Crippen LogP contribution in [0.1, 0.15) is 27.2 Å². The topological polar surface area (TPSA) is 107 Å². The average molecular weight is 560 g/mol. The quantitative estimate of drug-likeness (QED) is 0.115. The predicted molar refractivity (Wildman–Crippen MR) is 169 cm³/mol. The van der Waals surface area contributed by atoms with Crippen LogP contribution in [-0.2, 0) is 4.74 Å². The van der Waals surface area contributed by atoms with Crippen LogP contribution in [-0.4, -0.2) is 81.0 Å². The Morgan fingerprint density at radius 3 is 2.40 bits per heavy atom. The van der Waals surface area contributed by atoms with Gasteiger partial charge >= 0.3 is 0 Å². The average Bonchev–Trinajstić information content (AvgIpc) is 2.97. The van der Waals surface area contributed by atoms with Gasteiger partial charge in [-0.1, -0.05) is 32.7 Å². The van der Waals surface area contributed by atoms with Crippen LogP contribution in [0.2, 0.25) is 0 Å².